The van der Waals surface area contributed by atoms with Gasteiger partial charge in [-0.1, -0.05) is 12.8 Å². The second kappa shape index (κ2) is 6.41. The fraction of sp³-hybridized carbons (Fsp3) is 0.800. The van der Waals surface area contributed by atoms with E-state index < -0.39 is 18.1 Å². The molecule has 0 aromatic rings. The normalized spacial score (nSPS) is 26.0. The van der Waals surface area contributed by atoms with E-state index in [4.69, 9.17) is 15.9 Å². The maximum atomic E-state index is 11.4. The number of carbonyl (C=O) groups is 2. The number of hydrogen-bond acceptors (Lipinski definition) is 4. The third-order valence-electron chi connectivity index (χ3n) is 2.88. The van der Waals surface area contributed by atoms with Crippen molar-refractivity contribution in [1.82, 2.24) is 10.6 Å². The molecule has 2 amide bonds. The standard InChI is InChI=1S/C10H19N3O4/c11-6-3-1-2-4-7(6)13-10(17)12-5-8(14)9(15)16/h6-8,14H,1-5,11H2,(H,15,16)(H2,12,13,17)/t6?,7?,8-/m0/s1. The Labute approximate surface area is 99.4 Å². The number of aliphatic carboxylic acids is 1. The van der Waals surface area contributed by atoms with Crippen molar-refractivity contribution in [3.05, 3.63) is 0 Å². The van der Waals surface area contributed by atoms with Crippen LogP contribution in [0.15, 0.2) is 0 Å². The van der Waals surface area contributed by atoms with Crippen molar-refractivity contribution in [3.63, 3.8) is 0 Å². The summed E-state index contributed by atoms with van der Waals surface area (Å²) < 4.78 is 0. The van der Waals surface area contributed by atoms with Crippen molar-refractivity contribution in [1.29, 1.82) is 0 Å². The zero-order chi connectivity index (χ0) is 12.8. The summed E-state index contributed by atoms with van der Waals surface area (Å²) >= 11 is 0. The fourth-order valence-corrected chi connectivity index (χ4v) is 1.83. The Kier molecular flexibility index (Phi) is 5.17. The third-order valence-corrected chi connectivity index (χ3v) is 2.88. The van der Waals surface area contributed by atoms with Gasteiger partial charge in [0.1, 0.15) is 0 Å². The van der Waals surface area contributed by atoms with Gasteiger partial charge in [0, 0.05) is 12.1 Å². The highest BCUT2D eigenvalue weighted by atomic mass is 16.4. The first-order chi connectivity index (χ1) is 8.00. The van der Waals surface area contributed by atoms with Gasteiger partial charge in [-0.25, -0.2) is 9.59 Å². The molecule has 17 heavy (non-hydrogen) atoms. The molecule has 0 spiro atoms. The molecule has 1 rings (SSSR count). The van der Waals surface area contributed by atoms with E-state index in [1.54, 1.807) is 0 Å². The van der Waals surface area contributed by atoms with Crippen molar-refractivity contribution in [2.75, 3.05) is 6.54 Å². The molecule has 0 aliphatic heterocycles. The average Bonchev–Trinajstić information content (AvgIpc) is 2.29. The number of carbonyl (C=O) groups excluding carboxylic acids is 1. The van der Waals surface area contributed by atoms with Crippen molar-refractivity contribution < 1.29 is 19.8 Å². The lowest BCUT2D eigenvalue weighted by Gasteiger charge is -2.29. The number of urea groups is 1. The molecule has 0 saturated heterocycles. The molecule has 0 aromatic carbocycles. The summed E-state index contributed by atoms with van der Waals surface area (Å²) in [7, 11) is 0. The number of carboxylic acids is 1. The first-order valence-corrected chi connectivity index (χ1v) is 5.71. The highest BCUT2D eigenvalue weighted by Gasteiger charge is 2.23. The monoisotopic (exact) mass is 245 g/mol. The third kappa shape index (κ3) is 4.58. The molecule has 1 aliphatic rings. The Bertz CT molecular complexity index is 285. The van der Waals surface area contributed by atoms with Gasteiger partial charge in [-0.15, -0.1) is 0 Å². The maximum absolute atomic E-state index is 11.4. The van der Waals surface area contributed by atoms with Crippen LogP contribution in [0.5, 0.6) is 0 Å². The van der Waals surface area contributed by atoms with Crippen LogP contribution in [0.1, 0.15) is 25.7 Å². The van der Waals surface area contributed by atoms with Crippen molar-refractivity contribution in [3.8, 4) is 0 Å². The van der Waals surface area contributed by atoms with Crippen molar-refractivity contribution >= 4 is 12.0 Å². The Hall–Kier alpha value is -1.34. The van der Waals surface area contributed by atoms with Gasteiger partial charge in [0.15, 0.2) is 6.10 Å². The van der Waals surface area contributed by atoms with Gasteiger partial charge < -0.3 is 26.6 Å². The Morgan fingerprint density at radius 1 is 1.35 bits per heavy atom. The molecule has 1 aliphatic carbocycles. The maximum Gasteiger partial charge on any atom is 0.334 e. The van der Waals surface area contributed by atoms with E-state index in [-0.39, 0.29) is 18.6 Å². The summed E-state index contributed by atoms with van der Waals surface area (Å²) in [5.41, 5.74) is 5.85. The summed E-state index contributed by atoms with van der Waals surface area (Å²) in [6.07, 6.45) is 2.22. The second-order valence-electron chi connectivity index (χ2n) is 4.26. The van der Waals surface area contributed by atoms with Crippen molar-refractivity contribution in [2.45, 2.75) is 43.9 Å². The van der Waals surface area contributed by atoms with Crippen LogP contribution in [-0.4, -0.2) is 46.9 Å². The van der Waals surface area contributed by atoms with E-state index in [1.165, 1.54) is 0 Å². The zero-order valence-electron chi connectivity index (χ0n) is 9.56. The van der Waals surface area contributed by atoms with Crippen molar-refractivity contribution in [2.24, 2.45) is 5.73 Å². The number of nitrogens with one attached hydrogen (secondary N) is 2. The molecule has 0 radical (unpaired) electrons. The molecule has 7 heteroatoms. The Morgan fingerprint density at radius 2 is 2.00 bits per heavy atom. The number of aliphatic hydroxyl groups excluding tert-OH is 1. The molecule has 7 nitrogen and oxygen atoms in total. The lowest BCUT2D eigenvalue weighted by molar-refractivity contribution is -0.146. The summed E-state index contributed by atoms with van der Waals surface area (Å²) in [4.78, 5) is 21.7. The molecule has 98 valence electrons. The highest BCUT2D eigenvalue weighted by molar-refractivity contribution is 5.76. The van der Waals surface area contributed by atoms with Crippen LogP contribution in [0, 0.1) is 0 Å². The van der Waals surface area contributed by atoms with Gasteiger partial charge in [0.2, 0.25) is 0 Å². The molecule has 0 heterocycles. The lowest BCUT2D eigenvalue weighted by atomic mass is 9.91. The van der Waals surface area contributed by atoms with E-state index >= 15 is 0 Å². The van der Waals surface area contributed by atoms with Gasteiger partial charge in [-0.2, -0.15) is 0 Å². The van der Waals surface area contributed by atoms with Gasteiger partial charge in [-0.05, 0) is 12.8 Å². The van der Waals surface area contributed by atoms with Gasteiger partial charge in [0.25, 0.3) is 0 Å². The number of hydrogen-bond donors (Lipinski definition) is 5. The SMILES string of the molecule is NC1CCCCC1NC(=O)NC[C@H](O)C(=O)O. The second-order valence-corrected chi connectivity index (χ2v) is 4.26. The summed E-state index contributed by atoms with van der Waals surface area (Å²) in [6, 6.07) is -0.628. The Morgan fingerprint density at radius 3 is 2.59 bits per heavy atom. The fourth-order valence-electron chi connectivity index (χ4n) is 1.83. The quantitative estimate of drug-likeness (QED) is 0.434. The lowest BCUT2D eigenvalue weighted by Crippen LogP contribution is -2.53. The molecule has 1 saturated carbocycles. The van der Waals surface area contributed by atoms with E-state index in [1.807, 2.05) is 0 Å². The largest absolute Gasteiger partial charge is 0.479 e. The first kappa shape index (κ1) is 13.7. The summed E-state index contributed by atoms with van der Waals surface area (Å²) in [6.45, 7) is -0.316. The van der Waals surface area contributed by atoms with Gasteiger partial charge in [0.05, 0.1) is 6.54 Å². The van der Waals surface area contributed by atoms with Crippen LogP contribution in [-0.2, 0) is 4.79 Å². The van der Waals surface area contributed by atoms with E-state index in [0.717, 1.165) is 25.7 Å². The molecule has 3 atom stereocenters. The van der Waals surface area contributed by atoms with Crippen LogP contribution in [0.2, 0.25) is 0 Å². The molecular weight excluding hydrogens is 226 g/mol. The molecule has 1 fully saturated rings. The molecule has 2 unspecified atom stereocenters. The highest BCUT2D eigenvalue weighted by Crippen LogP contribution is 2.16. The molecule has 6 N–H and O–H groups in total. The van der Waals surface area contributed by atoms with E-state index in [2.05, 4.69) is 10.6 Å². The van der Waals surface area contributed by atoms with Crippen LogP contribution < -0.4 is 16.4 Å². The number of aliphatic hydroxyl groups is 1. The summed E-state index contributed by atoms with van der Waals surface area (Å²) in [5, 5.41) is 22.4. The molecular formula is C10H19N3O4. The summed E-state index contributed by atoms with van der Waals surface area (Å²) in [5.74, 6) is -1.36. The van der Waals surface area contributed by atoms with Gasteiger partial charge >= 0.3 is 12.0 Å². The zero-order valence-corrected chi connectivity index (χ0v) is 9.56. The predicted octanol–water partition coefficient (Wildman–Crippen LogP) is -0.999. The number of carboxylic acid groups (broad SMARTS) is 1. The minimum atomic E-state index is -1.58. The van der Waals surface area contributed by atoms with Crippen LogP contribution in [0.25, 0.3) is 0 Å². The molecule has 0 aromatic heterocycles. The number of nitrogens with two attached hydrogens (primary N) is 1. The molecule has 0 bridgehead atoms. The first-order valence-electron chi connectivity index (χ1n) is 5.71. The predicted molar refractivity (Wildman–Crippen MR) is 60.4 cm³/mol. The topological polar surface area (TPSA) is 125 Å². The minimum absolute atomic E-state index is 0.0566. The average molecular weight is 245 g/mol. The number of rotatable bonds is 4. The van der Waals surface area contributed by atoms with Crippen LogP contribution in [0.4, 0.5) is 4.79 Å². The van der Waals surface area contributed by atoms with Crippen LogP contribution >= 0.6 is 0 Å². The van der Waals surface area contributed by atoms with E-state index in [0.29, 0.717) is 0 Å². The van der Waals surface area contributed by atoms with Crippen LogP contribution in [0.3, 0.4) is 0 Å². The van der Waals surface area contributed by atoms with E-state index in [9.17, 15) is 9.59 Å². The number of amides is 2. The Balaban J connectivity index is 2.26. The minimum Gasteiger partial charge on any atom is -0.479 e. The smallest absolute Gasteiger partial charge is 0.334 e. The van der Waals surface area contributed by atoms with Gasteiger partial charge in [-0.3, -0.25) is 0 Å².